The van der Waals surface area contributed by atoms with Crippen molar-refractivity contribution in [1.29, 1.82) is 0 Å². The van der Waals surface area contributed by atoms with Gasteiger partial charge in [-0.1, -0.05) is 17.5 Å². The molecule has 2 rings (SSSR count). The maximum Gasteiger partial charge on any atom is 0.123 e. The molecule has 0 saturated carbocycles. The van der Waals surface area contributed by atoms with E-state index in [4.69, 9.17) is 0 Å². The Labute approximate surface area is 110 Å². The van der Waals surface area contributed by atoms with E-state index in [-0.39, 0.29) is 11.9 Å². The molecule has 0 bridgehead atoms. The SMILES string of the molecule is CCc1nnsc1C(NC)c1ccc(F)cc1C. The molecule has 5 heteroatoms. The van der Waals surface area contributed by atoms with Gasteiger partial charge in [-0.05, 0) is 55.2 Å². The van der Waals surface area contributed by atoms with Crippen LogP contribution in [0.5, 0.6) is 0 Å². The zero-order valence-electron chi connectivity index (χ0n) is 10.7. The second kappa shape index (κ2) is 5.54. The van der Waals surface area contributed by atoms with Gasteiger partial charge in [0.25, 0.3) is 0 Å². The zero-order chi connectivity index (χ0) is 13.1. The monoisotopic (exact) mass is 265 g/mol. The first kappa shape index (κ1) is 13.1. The van der Waals surface area contributed by atoms with Crippen molar-refractivity contribution < 1.29 is 4.39 Å². The molecule has 0 spiro atoms. The summed E-state index contributed by atoms with van der Waals surface area (Å²) in [5, 5.41) is 7.39. The molecule has 2 aromatic rings. The van der Waals surface area contributed by atoms with Crippen LogP contribution >= 0.6 is 11.5 Å². The van der Waals surface area contributed by atoms with Gasteiger partial charge in [-0.3, -0.25) is 0 Å². The number of hydrogen-bond donors (Lipinski definition) is 1. The Balaban J connectivity index is 2.45. The Morgan fingerprint density at radius 2 is 2.22 bits per heavy atom. The minimum atomic E-state index is -0.204. The minimum absolute atomic E-state index is 0.0283. The van der Waals surface area contributed by atoms with Gasteiger partial charge in [-0.25, -0.2) is 4.39 Å². The number of nitrogens with one attached hydrogen (secondary N) is 1. The molecule has 96 valence electrons. The lowest BCUT2D eigenvalue weighted by atomic mass is 9.98. The van der Waals surface area contributed by atoms with Gasteiger partial charge in [0.15, 0.2) is 0 Å². The number of nitrogens with zero attached hydrogens (tertiary/aromatic N) is 2. The molecule has 1 heterocycles. The first-order chi connectivity index (χ1) is 8.67. The normalized spacial score (nSPS) is 12.7. The molecular weight excluding hydrogens is 249 g/mol. The third-order valence-corrected chi connectivity index (χ3v) is 3.85. The van der Waals surface area contributed by atoms with Gasteiger partial charge in [-0.15, -0.1) is 5.10 Å². The predicted molar refractivity (Wildman–Crippen MR) is 71.3 cm³/mol. The number of aryl methyl sites for hydroxylation is 2. The number of aromatic nitrogens is 2. The summed E-state index contributed by atoms with van der Waals surface area (Å²) in [7, 11) is 1.90. The number of halogens is 1. The fourth-order valence-electron chi connectivity index (χ4n) is 2.07. The Hall–Kier alpha value is -1.33. The standard InChI is InChI=1S/C13H16FN3S/c1-4-11-13(18-17-16-11)12(15-3)10-6-5-9(14)7-8(10)2/h5-7,12,15H,4H2,1-3H3. The lowest BCUT2D eigenvalue weighted by Gasteiger charge is -2.18. The molecule has 1 aromatic carbocycles. The molecule has 0 aliphatic carbocycles. The topological polar surface area (TPSA) is 37.8 Å². The van der Waals surface area contributed by atoms with Crippen LogP contribution in [-0.4, -0.2) is 16.6 Å². The highest BCUT2D eigenvalue weighted by atomic mass is 32.1. The van der Waals surface area contributed by atoms with Crippen molar-refractivity contribution in [2.45, 2.75) is 26.3 Å². The van der Waals surface area contributed by atoms with Crippen molar-refractivity contribution in [3.05, 3.63) is 45.7 Å². The van der Waals surface area contributed by atoms with Gasteiger partial charge in [-0.2, -0.15) is 0 Å². The molecule has 1 aromatic heterocycles. The van der Waals surface area contributed by atoms with Crippen molar-refractivity contribution in [1.82, 2.24) is 14.9 Å². The molecular formula is C13H16FN3S. The summed E-state index contributed by atoms with van der Waals surface area (Å²) in [6.45, 7) is 3.98. The quantitative estimate of drug-likeness (QED) is 0.923. The molecule has 0 aliphatic heterocycles. The van der Waals surface area contributed by atoms with E-state index in [1.807, 2.05) is 20.0 Å². The van der Waals surface area contributed by atoms with Crippen LogP contribution in [0.3, 0.4) is 0 Å². The fourth-order valence-corrected chi connectivity index (χ4v) is 2.94. The molecule has 3 nitrogen and oxygen atoms in total. The van der Waals surface area contributed by atoms with Crippen molar-refractivity contribution >= 4 is 11.5 Å². The highest BCUT2D eigenvalue weighted by Crippen LogP contribution is 2.29. The van der Waals surface area contributed by atoms with E-state index < -0.39 is 0 Å². The third kappa shape index (κ3) is 2.42. The lowest BCUT2D eigenvalue weighted by molar-refractivity contribution is 0.621. The van der Waals surface area contributed by atoms with E-state index in [2.05, 4.69) is 21.8 Å². The predicted octanol–water partition coefficient (Wildman–Crippen LogP) is 2.86. The van der Waals surface area contributed by atoms with Crippen LogP contribution in [0, 0.1) is 12.7 Å². The van der Waals surface area contributed by atoms with Crippen molar-refractivity contribution in [2.75, 3.05) is 7.05 Å². The van der Waals surface area contributed by atoms with Crippen LogP contribution in [-0.2, 0) is 6.42 Å². The van der Waals surface area contributed by atoms with E-state index in [1.165, 1.54) is 17.6 Å². The second-order valence-electron chi connectivity index (χ2n) is 4.16. The average Bonchev–Trinajstić information content (AvgIpc) is 2.81. The molecule has 1 N–H and O–H groups in total. The fraction of sp³-hybridized carbons (Fsp3) is 0.385. The summed E-state index contributed by atoms with van der Waals surface area (Å²) in [4.78, 5) is 1.11. The molecule has 18 heavy (non-hydrogen) atoms. The average molecular weight is 265 g/mol. The molecule has 1 atom stereocenters. The van der Waals surface area contributed by atoms with Crippen molar-refractivity contribution in [3.8, 4) is 0 Å². The van der Waals surface area contributed by atoms with E-state index >= 15 is 0 Å². The van der Waals surface area contributed by atoms with E-state index in [1.54, 1.807) is 6.07 Å². The first-order valence-corrected chi connectivity index (χ1v) is 6.69. The second-order valence-corrected chi connectivity index (χ2v) is 4.95. The Kier molecular flexibility index (Phi) is 4.04. The molecule has 0 aliphatic rings. The molecule has 0 amide bonds. The maximum atomic E-state index is 13.2. The Morgan fingerprint density at radius 1 is 1.44 bits per heavy atom. The smallest absolute Gasteiger partial charge is 0.123 e. The third-order valence-electron chi connectivity index (χ3n) is 3.01. The minimum Gasteiger partial charge on any atom is -0.309 e. The molecule has 0 radical (unpaired) electrons. The summed E-state index contributed by atoms with van der Waals surface area (Å²) >= 11 is 1.40. The Bertz CT molecular complexity index is 539. The van der Waals surface area contributed by atoms with Crippen LogP contribution < -0.4 is 5.32 Å². The first-order valence-electron chi connectivity index (χ1n) is 5.91. The number of benzene rings is 1. The lowest BCUT2D eigenvalue weighted by Crippen LogP contribution is -2.19. The van der Waals surface area contributed by atoms with Crippen LogP contribution in [0.15, 0.2) is 18.2 Å². The van der Waals surface area contributed by atoms with Gasteiger partial charge in [0.1, 0.15) is 5.82 Å². The van der Waals surface area contributed by atoms with Crippen molar-refractivity contribution in [3.63, 3.8) is 0 Å². The summed E-state index contributed by atoms with van der Waals surface area (Å²) in [5.41, 5.74) is 3.01. The maximum absolute atomic E-state index is 13.2. The van der Waals surface area contributed by atoms with Gasteiger partial charge >= 0.3 is 0 Å². The van der Waals surface area contributed by atoms with Crippen LogP contribution in [0.25, 0.3) is 0 Å². The van der Waals surface area contributed by atoms with Gasteiger partial charge in [0, 0.05) is 0 Å². The number of rotatable bonds is 4. The number of hydrogen-bond acceptors (Lipinski definition) is 4. The van der Waals surface area contributed by atoms with Gasteiger partial charge in [0.05, 0.1) is 16.6 Å². The van der Waals surface area contributed by atoms with Gasteiger partial charge in [0.2, 0.25) is 0 Å². The van der Waals surface area contributed by atoms with E-state index in [0.717, 1.165) is 28.1 Å². The largest absolute Gasteiger partial charge is 0.309 e. The highest BCUT2D eigenvalue weighted by Gasteiger charge is 2.20. The zero-order valence-corrected chi connectivity index (χ0v) is 11.5. The summed E-state index contributed by atoms with van der Waals surface area (Å²) in [5.74, 6) is -0.204. The van der Waals surface area contributed by atoms with E-state index in [0.29, 0.717) is 0 Å². The summed E-state index contributed by atoms with van der Waals surface area (Å²) in [6, 6.07) is 4.90. The molecule has 1 unspecified atom stereocenters. The van der Waals surface area contributed by atoms with E-state index in [9.17, 15) is 4.39 Å². The van der Waals surface area contributed by atoms with Crippen LogP contribution in [0.1, 0.15) is 34.7 Å². The van der Waals surface area contributed by atoms with Crippen molar-refractivity contribution in [2.24, 2.45) is 0 Å². The molecule has 0 fully saturated rings. The van der Waals surface area contributed by atoms with Crippen LogP contribution in [0.2, 0.25) is 0 Å². The molecule has 0 saturated heterocycles. The highest BCUT2D eigenvalue weighted by molar-refractivity contribution is 7.05. The Morgan fingerprint density at radius 3 is 2.83 bits per heavy atom. The van der Waals surface area contributed by atoms with Crippen LogP contribution in [0.4, 0.5) is 4.39 Å². The summed E-state index contributed by atoms with van der Waals surface area (Å²) in [6.07, 6.45) is 0.851. The van der Waals surface area contributed by atoms with Gasteiger partial charge < -0.3 is 5.32 Å². The summed E-state index contributed by atoms with van der Waals surface area (Å²) < 4.78 is 17.2.